The molecule has 3 rings (SSSR count). The summed E-state index contributed by atoms with van der Waals surface area (Å²) in [7, 11) is 1.85. The summed E-state index contributed by atoms with van der Waals surface area (Å²) in [4.78, 5) is 16.8. The van der Waals surface area contributed by atoms with Crippen molar-refractivity contribution in [3.8, 4) is 0 Å². The van der Waals surface area contributed by atoms with Crippen LogP contribution >= 0.6 is 0 Å². The van der Waals surface area contributed by atoms with Crippen LogP contribution in [0.25, 0.3) is 0 Å². The Morgan fingerprint density at radius 3 is 2.65 bits per heavy atom. The van der Waals surface area contributed by atoms with Gasteiger partial charge in [0.25, 0.3) is 5.91 Å². The summed E-state index contributed by atoms with van der Waals surface area (Å²) >= 11 is 0. The van der Waals surface area contributed by atoms with Crippen LogP contribution in [0.5, 0.6) is 0 Å². The molecular weight excluding hydrogens is 295 g/mol. The van der Waals surface area contributed by atoms with Gasteiger partial charge in [-0.2, -0.15) is 0 Å². The van der Waals surface area contributed by atoms with Crippen LogP contribution in [-0.4, -0.2) is 59.6 Å². The Morgan fingerprint density at radius 2 is 2.13 bits per heavy atom. The van der Waals surface area contributed by atoms with E-state index < -0.39 is 0 Å². The van der Waals surface area contributed by atoms with Gasteiger partial charge >= 0.3 is 0 Å². The molecule has 2 fully saturated rings. The molecule has 1 aromatic rings. The third-order valence-electron chi connectivity index (χ3n) is 5.30. The minimum Gasteiger partial charge on any atom is -0.390 e. The van der Waals surface area contributed by atoms with Gasteiger partial charge in [0.1, 0.15) is 5.82 Å². The van der Waals surface area contributed by atoms with Crippen molar-refractivity contribution in [2.24, 2.45) is 5.92 Å². The Kier molecular flexibility index (Phi) is 4.69. The Morgan fingerprint density at radius 1 is 1.43 bits per heavy atom. The van der Waals surface area contributed by atoms with Gasteiger partial charge in [-0.25, -0.2) is 4.39 Å². The Balaban J connectivity index is 1.72. The molecular formula is C18H25FN2O2. The molecule has 1 heterocycles. The molecule has 5 heteroatoms. The first kappa shape index (κ1) is 16.4. The fourth-order valence-electron chi connectivity index (χ4n) is 3.50. The number of nitrogens with zero attached hydrogens (tertiary/aromatic N) is 2. The number of β-amino-alcohol motifs (C(OH)–C–C–N with tert-alkyl or cyclic N) is 1. The highest BCUT2D eigenvalue weighted by molar-refractivity contribution is 5.94. The van der Waals surface area contributed by atoms with Gasteiger partial charge in [0.2, 0.25) is 0 Å². The zero-order valence-electron chi connectivity index (χ0n) is 13.8. The number of rotatable bonds is 5. The Hall–Kier alpha value is -1.46. The highest BCUT2D eigenvalue weighted by atomic mass is 19.1. The molecule has 1 saturated heterocycles. The SMILES string of the molecule is Cc1cc(C(=O)N(C)C(CN2CC(O)C2)C2CCC2)ccc1F. The van der Waals surface area contributed by atoms with E-state index >= 15 is 0 Å². The number of likely N-dealkylation sites (tertiary alicyclic amines) is 1. The average Bonchev–Trinajstić information content (AvgIpc) is 2.44. The molecule has 1 aromatic carbocycles. The van der Waals surface area contributed by atoms with Crippen molar-refractivity contribution < 1.29 is 14.3 Å². The summed E-state index contributed by atoms with van der Waals surface area (Å²) < 4.78 is 13.4. The first-order valence-electron chi connectivity index (χ1n) is 8.39. The molecule has 23 heavy (non-hydrogen) atoms. The van der Waals surface area contributed by atoms with E-state index in [1.165, 1.54) is 12.5 Å². The van der Waals surface area contributed by atoms with Gasteiger partial charge in [-0.05, 0) is 49.4 Å². The van der Waals surface area contributed by atoms with E-state index in [1.54, 1.807) is 19.1 Å². The van der Waals surface area contributed by atoms with Crippen molar-refractivity contribution in [2.45, 2.75) is 38.3 Å². The van der Waals surface area contributed by atoms with E-state index in [-0.39, 0.29) is 23.9 Å². The maximum absolute atomic E-state index is 13.4. The topological polar surface area (TPSA) is 43.8 Å². The number of hydrogen-bond donors (Lipinski definition) is 1. The lowest BCUT2D eigenvalue weighted by atomic mass is 9.78. The quantitative estimate of drug-likeness (QED) is 0.903. The van der Waals surface area contributed by atoms with Crippen LogP contribution in [0.2, 0.25) is 0 Å². The molecule has 2 aliphatic rings. The smallest absolute Gasteiger partial charge is 0.253 e. The van der Waals surface area contributed by atoms with Gasteiger partial charge in [0.05, 0.1) is 6.10 Å². The van der Waals surface area contributed by atoms with Crippen molar-refractivity contribution in [3.63, 3.8) is 0 Å². The number of aliphatic hydroxyl groups is 1. The minimum absolute atomic E-state index is 0.0499. The first-order valence-corrected chi connectivity index (χ1v) is 8.39. The van der Waals surface area contributed by atoms with Crippen molar-refractivity contribution in [2.75, 3.05) is 26.7 Å². The predicted molar refractivity (Wildman–Crippen MR) is 86.8 cm³/mol. The third-order valence-corrected chi connectivity index (χ3v) is 5.30. The molecule has 0 aromatic heterocycles. The monoisotopic (exact) mass is 320 g/mol. The van der Waals surface area contributed by atoms with Gasteiger partial charge in [-0.1, -0.05) is 6.42 Å². The molecule has 4 nitrogen and oxygen atoms in total. The second kappa shape index (κ2) is 6.57. The molecule has 1 unspecified atom stereocenters. The van der Waals surface area contributed by atoms with Crippen LogP contribution < -0.4 is 0 Å². The number of amides is 1. The van der Waals surface area contributed by atoms with Crippen LogP contribution in [0.3, 0.4) is 0 Å². The molecule has 1 saturated carbocycles. The Labute approximate surface area is 136 Å². The van der Waals surface area contributed by atoms with Gasteiger partial charge in [-0.15, -0.1) is 0 Å². The molecule has 1 aliphatic heterocycles. The summed E-state index contributed by atoms with van der Waals surface area (Å²) in [6, 6.07) is 4.71. The third kappa shape index (κ3) is 3.40. The number of benzene rings is 1. The lowest BCUT2D eigenvalue weighted by molar-refractivity contribution is -0.0223. The maximum atomic E-state index is 13.4. The first-order chi connectivity index (χ1) is 11.0. The zero-order chi connectivity index (χ0) is 16.6. The van der Waals surface area contributed by atoms with Crippen molar-refractivity contribution in [1.82, 2.24) is 9.80 Å². The Bertz CT molecular complexity index is 582. The van der Waals surface area contributed by atoms with Crippen molar-refractivity contribution in [3.05, 3.63) is 35.1 Å². The molecule has 1 atom stereocenters. The summed E-state index contributed by atoms with van der Waals surface area (Å²) in [5, 5.41) is 9.47. The fourth-order valence-corrected chi connectivity index (χ4v) is 3.50. The number of carbonyl (C=O) groups is 1. The number of likely N-dealkylation sites (N-methyl/N-ethyl adjacent to an activating group) is 1. The molecule has 0 spiro atoms. The largest absolute Gasteiger partial charge is 0.390 e. The van der Waals surface area contributed by atoms with Crippen LogP contribution in [0.1, 0.15) is 35.2 Å². The van der Waals surface area contributed by atoms with Crippen molar-refractivity contribution in [1.29, 1.82) is 0 Å². The van der Waals surface area contributed by atoms with E-state index in [2.05, 4.69) is 4.90 Å². The normalized spacial score (nSPS) is 20.7. The van der Waals surface area contributed by atoms with E-state index in [1.807, 2.05) is 11.9 Å². The second-order valence-electron chi connectivity index (χ2n) is 7.01. The predicted octanol–water partition coefficient (Wildman–Crippen LogP) is 2.05. The zero-order valence-corrected chi connectivity index (χ0v) is 13.8. The minimum atomic E-state index is -0.283. The van der Waals surface area contributed by atoms with Crippen LogP contribution in [-0.2, 0) is 0 Å². The highest BCUT2D eigenvalue weighted by Gasteiger charge is 2.36. The second-order valence-corrected chi connectivity index (χ2v) is 7.01. The average molecular weight is 320 g/mol. The number of hydrogen-bond acceptors (Lipinski definition) is 3. The summed E-state index contributed by atoms with van der Waals surface area (Å²) in [6.07, 6.45) is 3.31. The van der Waals surface area contributed by atoms with Gasteiger partial charge in [0.15, 0.2) is 0 Å². The summed E-state index contributed by atoms with van der Waals surface area (Å²) in [6.45, 7) is 3.88. The molecule has 1 N–H and O–H groups in total. The van der Waals surface area contributed by atoms with Crippen LogP contribution in [0.15, 0.2) is 18.2 Å². The highest BCUT2D eigenvalue weighted by Crippen LogP contribution is 2.33. The maximum Gasteiger partial charge on any atom is 0.253 e. The number of carbonyl (C=O) groups excluding carboxylic acids is 1. The van der Waals surface area contributed by atoms with E-state index in [9.17, 15) is 14.3 Å². The van der Waals surface area contributed by atoms with E-state index in [4.69, 9.17) is 0 Å². The lowest BCUT2D eigenvalue weighted by Crippen LogP contribution is -2.58. The van der Waals surface area contributed by atoms with Crippen LogP contribution in [0, 0.1) is 18.7 Å². The molecule has 0 bridgehead atoms. The number of aliphatic hydroxyl groups excluding tert-OH is 1. The number of halogens is 1. The van der Waals surface area contributed by atoms with Gasteiger partial charge < -0.3 is 10.0 Å². The lowest BCUT2D eigenvalue weighted by Gasteiger charge is -2.45. The molecule has 0 radical (unpaired) electrons. The number of aryl methyl sites for hydroxylation is 1. The summed E-state index contributed by atoms with van der Waals surface area (Å²) in [5.74, 6) is 0.198. The molecule has 1 aliphatic carbocycles. The van der Waals surface area contributed by atoms with E-state index in [0.717, 1.165) is 19.4 Å². The molecule has 126 valence electrons. The standard InChI is InChI=1S/C18H25FN2O2/c1-12-8-14(6-7-16(12)19)18(23)20(2)17(13-4-3-5-13)11-21-9-15(22)10-21/h6-8,13,15,17,22H,3-5,9-11H2,1-2H3. The molecule has 1 amide bonds. The van der Waals surface area contributed by atoms with E-state index in [0.29, 0.717) is 30.1 Å². The van der Waals surface area contributed by atoms with Crippen LogP contribution in [0.4, 0.5) is 4.39 Å². The van der Waals surface area contributed by atoms with Gasteiger partial charge in [-0.3, -0.25) is 9.69 Å². The summed E-state index contributed by atoms with van der Waals surface area (Å²) in [5.41, 5.74) is 1.04. The van der Waals surface area contributed by atoms with Gasteiger partial charge in [0, 0.05) is 38.3 Å². The fraction of sp³-hybridized carbons (Fsp3) is 0.611. The van der Waals surface area contributed by atoms with Crippen molar-refractivity contribution >= 4 is 5.91 Å².